The van der Waals surface area contributed by atoms with Crippen molar-refractivity contribution in [2.45, 2.75) is 26.0 Å². The highest BCUT2D eigenvalue weighted by molar-refractivity contribution is 4.56. The molecule has 58 valence electrons. The summed E-state index contributed by atoms with van der Waals surface area (Å²) in [6.07, 6.45) is 0.604. The van der Waals surface area contributed by atoms with E-state index < -0.39 is 5.72 Å². The zero-order chi connectivity index (χ0) is 7.91. The zero-order valence-electron chi connectivity index (χ0n) is 6.73. The predicted molar refractivity (Wildman–Crippen MR) is 40.1 cm³/mol. The Kier molecular flexibility index (Phi) is 7.77. The molecule has 0 spiro atoms. The lowest BCUT2D eigenvalue weighted by molar-refractivity contribution is 0.0632. The van der Waals surface area contributed by atoms with E-state index in [1.807, 2.05) is 21.0 Å². The van der Waals surface area contributed by atoms with E-state index in [9.17, 15) is 0 Å². The van der Waals surface area contributed by atoms with Crippen LogP contribution in [-0.2, 0) is 0 Å². The molecule has 0 aliphatic heterocycles. The van der Waals surface area contributed by atoms with Gasteiger partial charge in [-0.1, -0.05) is 6.92 Å². The van der Waals surface area contributed by atoms with Crippen molar-refractivity contribution in [1.82, 2.24) is 5.32 Å². The molecule has 0 aromatic rings. The van der Waals surface area contributed by atoms with Gasteiger partial charge in [0, 0.05) is 0 Å². The molecule has 1 atom stereocenters. The average molecular weight is 134 g/mol. The summed E-state index contributed by atoms with van der Waals surface area (Å²) >= 11 is 0. The van der Waals surface area contributed by atoms with Gasteiger partial charge >= 0.3 is 0 Å². The summed E-state index contributed by atoms with van der Waals surface area (Å²) in [5, 5.41) is 11.4. The summed E-state index contributed by atoms with van der Waals surface area (Å²) in [5.74, 6) is 0. The van der Waals surface area contributed by atoms with Gasteiger partial charge in [-0.25, -0.2) is 0 Å². The number of hydrogen-bond donors (Lipinski definition) is 3. The lowest BCUT2D eigenvalue weighted by Crippen LogP contribution is -2.34. The largest absolute Gasteiger partial charge is 0.376 e. The van der Waals surface area contributed by atoms with Crippen LogP contribution >= 0.6 is 0 Å². The maximum Gasteiger partial charge on any atom is 0.110 e. The van der Waals surface area contributed by atoms with E-state index in [1.165, 1.54) is 0 Å². The second kappa shape index (κ2) is 6.01. The van der Waals surface area contributed by atoms with Crippen LogP contribution in [0.3, 0.4) is 0 Å². The monoisotopic (exact) mass is 134 g/mol. The third kappa shape index (κ3) is 32.8. The maximum absolute atomic E-state index is 8.60. The minimum Gasteiger partial charge on any atom is -0.376 e. The minimum absolute atomic E-state index is 0.604. The van der Waals surface area contributed by atoms with Gasteiger partial charge in [-0.15, -0.1) is 0 Å². The average Bonchev–Trinajstić information content (AvgIpc) is 1.67. The van der Waals surface area contributed by atoms with Crippen LogP contribution in [0.2, 0.25) is 0 Å². The molecule has 0 rings (SSSR count). The Labute approximate surface area is 57.3 Å². The van der Waals surface area contributed by atoms with Crippen molar-refractivity contribution in [2.24, 2.45) is 5.73 Å². The third-order valence-electron chi connectivity index (χ3n) is 0.716. The molecule has 3 heteroatoms. The number of hydrogen-bond acceptors (Lipinski definition) is 3. The molecular formula is C6H18N2O. The quantitative estimate of drug-likeness (QED) is 0.439. The van der Waals surface area contributed by atoms with Crippen LogP contribution in [0.5, 0.6) is 0 Å². The van der Waals surface area contributed by atoms with Crippen LogP contribution in [0.25, 0.3) is 0 Å². The first-order chi connectivity index (χ1) is 3.97. The molecule has 4 N–H and O–H groups in total. The minimum atomic E-state index is -0.958. The van der Waals surface area contributed by atoms with E-state index in [2.05, 4.69) is 5.32 Å². The second-order valence-corrected chi connectivity index (χ2v) is 2.21. The Morgan fingerprint density at radius 2 is 1.67 bits per heavy atom. The summed E-state index contributed by atoms with van der Waals surface area (Å²) in [6.45, 7) is 3.41. The number of aliphatic hydroxyl groups is 1. The van der Waals surface area contributed by atoms with Crippen molar-refractivity contribution in [2.75, 3.05) is 14.1 Å². The highest BCUT2D eigenvalue weighted by Crippen LogP contribution is 1.94. The molecule has 0 amide bonds. The second-order valence-electron chi connectivity index (χ2n) is 2.21. The molecule has 9 heavy (non-hydrogen) atoms. The fraction of sp³-hybridized carbons (Fsp3) is 1.00. The fourth-order valence-corrected chi connectivity index (χ4v) is 0. The predicted octanol–water partition coefficient (Wildman–Crippen LogP) is -0.101. The van der Waals surface area contributed by atoms with Crippen molar-refractivity contribution in [3.63, 3.8) is 0 Å². The van der Waals surface area contributed by atoms with Gasteiger partial charge in [-0.05, 0) is 27.4 Å². The maximum atomic E-state index is 8.60. The van der Waals surface area contributed by atoms with Gasteiger partial charge in [-0.2, -0.15) is 0 Å². The Morgan fingerprint density at radius 1 is 1.56 bits per heavy atom. The molecule has 1 unspecified atom stereocenters. The molecule has 0 aliphatic carbocycles. The lowest BCUT2D eigenvalue weighted by Gasteiger charge is -2.11. The first-order valence-corrected chi connectivity index (χ1v) is 3.07. The Morgan fingerprint density at radius 3 is 1.67 bits per heavy atom. The highest BCUT2D eigenvalue weighted by Gasteiger charge is 2.06. The number of rotatable bonds is 1. The van der Waals surface area contributed by atoms with Crippen LogP contribution in [0.4, 0.5) is 0 Å². The molecule has 0 aromatic heterocycles. The standard InChI is InChI=1S/C4H11NO.C2H7N/c1-3-4(2,5)6;1-3-2/h6H,3,5H2,1-2H3;3H,1-2H3. The summed E-state index contributed by atoms with van der Waals surface area (Å²) in [6, 6.07) is 0. The smallest absolute Gasteiger partial charge is 0.110 e. The molecule has 0 fully saturated rings. The molecule has 0 radical (unpaired) electrons. The van der Waals surface area contributed by atoms with Gasteiger partial charge in [0.25, 0.3) is 0 Å². The Balaban J connectivity index is 0. The molecule has 0 saturated heterocycles. The van der Waals surface area contributed by atoms with Crippen molar-refractivity contribution < 1.29 is 5.11 Å². The van der Waals surface area contributed by atoms with E-state index >= 15 is 0 Å². The first kappa shape index (κ1) is 11.6. The number of nitrogens with two attached hydrogens (primary N) is 1. The van der Waals surface area contributed by atoms with Crippen molar-refractivity contribution in [3.05, 3.63) is 0 Å². The van der Waals surface area contributed by atoms with Gasteiger partial charge in [0.1, 0.15) is 5.72 Å². The molecule has 0 aliphatic rings. The summed E-state index contributed by atoms with van der Waals surface area (Å²) in [7, 11) is 3.75. The summed E-state index contributed by atoms with van der Waals surface area (Å²) < 4.78 is 0. The van der Waals surface area contributed by atoms with Gasteiger partial charge in [0.15, 0.2) is 0 Å². The van der Waals surface area contributed by atoms with Crippen LogP contribution in [0.15, 0.2) is 0 Å². The van der Waals surface area contributed by atoms with Gasteiger partial charge < -0.3 is 16.2 Å². The first-order valence-electron chi connectivity index (χ1n) is 3.07. The lowest BCUT2D eigenvalue weighted by atomic mass is 10.2. The van der Waals surface area contributed by atoms with E-state index in [-0.39, 0.29) is 0 Å². The zero-order valence-corrected chi connectivity index (χ0v) is 6.73. The molecular weight excluding hydrogens is 116 g/mol. The summed E-state index contributed by atoms with van der Waals surface area (Å²) in [5.41, 5.74) is 4.13. The van der Waals surface area contributed by atoms with E-state index in [0.29, 0.717) is 6.42 Å². The van der Waals surface area contributed by atoms with Gasteiger partial charge in [0.05, 0.1) is 0 Å². The Bertz CT molecular complexity index is 49.5. The highest BCUT2D eigenvalue weighted by atomic mass is 16.3. The van der Waals surface area contributed by atoms with Crippen LogP contribution in [-0.4, -0.2) is 24.9 Å². The molecule has 0 saturated carbocycles. The van der Waals surface area contributed by atoms with Crippen LogP contribution in [0, 0.1) is 0 Å². The van der Waals surface area contributed by atoms with Crippen molar-refractivity contribution in [1.29, 1.82) is 0 Å². The number of nitrogens with one attached hydrogen (secondary N) is 1. The molecule has 3 nitrogen and oxygen atoms in total. The van der Waals surface area contributed by atoms with E-state index in [4.69, 9.17) is 10.8 Å². The van der Waals surface area contributed by atoms with Gasteiger partial charge in [-0.3, -0.25) is 0 Å². The molecule has 0 heterocycles. The third-order valence-corrected chi connectivity index (χ3v) is 0.716. The van der Waals surface area contributed by atoms with E-state index in [0.717, 1.165) is 0 Å². The normalized spacial score (nSPS) is 15.3. The Hall–Kier alpha value is -0.120. The SMILES string of the molecule is CCC(C)(N)O.CNC. The topological polar surface area (TPSA) is 58.3 Å². The van der Waals surface area contributed by atoms with Crippen molar-refractivity contribution in [3.8, 4) is 0 Å². The molecule has 0 bridgehead atoms. The van der Waals surface area contributed by atoms with E-state index in [1.54, 1.807) is 6.92 Å². The summed E-state index contributed by atoms with van der Waals surface area (Å²) in [4.78, 5) is 0. The van der Waals surface area contributed by atoms with Crippen LogP contribution in [0.1, 0.15) is 20.3 Å². The molecule has 0 aromatic carbocycles. The fourth-order valence-electron chi connectivity index (χ4n) is 0. The van der Waals surface area contributed by atoms with Gasteiger partial charge in [0.2, 0.25) is 0 Å². The van der Waals surface area contributed by atoms with Crippen LogP contribution < -0.4 is 11.1 Å². The van der Waals surface area contributed by atoms with Crippen molar-refractivity contribution >= 4 is 0 Å².